The summed E-state index contributed by atoms with van der Waals surface area (Å²) in [7, 11) is 0. The van der Waals surface area contributed by atoms with Crippen LogP contribution in [0.15, 0.2) is 16.5 Å². The molecule has 0 aliphatic rings. The van der Waals surface area contributed by atoms with E-state index in [2.05, 4.69) is 0 Å². The molecule has 1 rings (SSSR count). The van der Waals surface area contributed by atoms with Gasteiger partial charge in [-0.25, -0.2) is 0 Å². The van der Waals surface area contributed by atoms with Crippen molar-refractivity contribution in [2.75, 3.05) is 6.54 Å². The van der Waals surface area contributed by atoms with Crippen LogP contribution in [0.2, 0.25) is 5.22 Å². The Morgan fingerprint density at radius 3 is 2.65 bits per heavy atom. The van der Waals surface area contributed by atoms with E-state index in [1.54, 1.807) is 17.0 Å². The lowest BCUT2D eigenvalue weighted by atomic mass is 10.2. The van der Waals surface area contributed by atoms with Crippen LogP contribution in [0.3, 0.4) is 0 Å². The first-order chi connectivity index (χ1) is 7.91. The number of carbonyl (C=O) groups excluding carboxylic acids is 1. The van der Waals surface area contributed by atoms with Crippen LogP contribution >= 0.6 is 23.8 Å². The highest BCUT2D eigenvalue weighted by molar-refractivity contribution is 7.80. The lowest BCUT2D eigenvalue weighted by molar-refractivity contribution is 0.0679. The number of thiocarbonyl (C=S) groups is 1. The third kappa shape index (κ3) is 4.02. The fourth-order valence-corrected chi connectivity index (χ4v) is 1.63. The van der Waals surface area contributed by atoms with Gasteiger partial charge in [0.2, 0.25) is 0 Å². The highest BCUT2D eigenvalue weighted by Crippen LogP contribution is 2.16. The van der Waals surface area contributed by atoms with Crippen LogP contribution in [0.5, 0.6) is 0 Å². The highest BCUT2D eigenvalue weighted by atomic mass is 35.5. The maximum atomic E-state index is 12.1. The monoisotopic (exact) mass is 274 g/mol. The topological polar surface area (TPSA) is 59.5 Å². The fraction of sp³-hybridized carbons (Fsp3) is 0.455. The van der Waals surface area contributed by atoms with E-state index in [0.29, 0.717) is 18.0 Å². The van der Waals surface area contributed by atoms with E-state index in [4.69, 9.17) is 34.0 Å². The molecule has 4 nitrogen and oxygen atoms in total. The summed E-state index contributed by atoms with van der Waals surface area (Å²) in [5.41, 5.74) is 5.43. The zero-order valence-corrected chi connectivity index (χ0v) is 11.3. The minimum absolute atomic E-state index is 0.0423. The Balaban J connectivity index is 2.77. The molecule has 0 fully saturated rings. The van der Waals surface area contributed by atoms with Crippen LogP contribution in [0.25, 0.3) is 0 Å². The van der Waals surface area contributed by atoms with Crippen molar-refractivity contribution in [3.63, 3.8) is 0 Å². The van der Waals surface area contributed by atoms with Gasteiger partial charge in [-0.05, 0) is 37.6 Å². The summed E-state index contributed by atoms with van der Waals surface area (Å²) in [4.78, 5) is 14.1. The molecule has 0 saturated carbocycles. The molecular formula is C11H15ClN2O2S. The summed E-state index contributed by atoms with van der Waals surface area (Å²) < 4.78 is 5.09. The number of nitrogens with zero attached hydrogens (tertiary/aromatic N) is 1. The van der Waals surface area contributed by atoms with Crippen molar-refractivity contribution >= 4 is 34.7 Å². The van der Waals surface area contributed by atoms with E-state index in [-0.39, 0.29) is 22.9 Å². The largest absolute Gasteiger partial charge is 0.440 e. The van der Waals surface area contributed by atoms with Gasteiger partial charge in [-0.3, -0.25) is 4.79 Å². The van der Waals surface area contributed by atoms with Gasteiger partial charge in [0.25, 0.3) is 5.91 Å². The van der Waals surface area contributed by atoms with Crippen LogP contribution in [0, 0.1) is 0 Å². The van der Waals surface area contributed by atoms with Gasteiger partial charge in [0.05, 0.1) is 4.99 Å². The Bertz CT molecular complexity index is 417. The maximum Gasteiger partial charge on any atom is 0.289 e. The molecule has 1 aromatic rings. The summed E-state index contributed by atoms with van der Waals surface area (Å²) in [5.74, 6) is 0.0230. The summed E-state index contributed by atoms with van der Waals surface area (Å²) in [6.45, 7) is 4.31. The molecule has 0 radical (unpaired) electrons. The van der Waals surface area contributed by atoms with Gasteiger partial charge in [0, 0.05) is 19.0 Å². The van der Waals surface area contributed by atoms with E-state index in [0.717, 1.165) is 0 Å². The Kier molecular flexibility index (Phi) is 4.96. The van der Waals surface area contributed by atoms with Gasteiger partial charge in [-0.2, -0.15) is 0 Å². The lowest BCUT2D eigenvalue weighted by Gasteiger charge is -2.25. The summed E-state index contributed by atoms with van der Waals surface area (Å²) in [5, 5.41) is 0.200. The number of furan rings is 1. The quantitative estimate of drug-likeness (QED) is 0.838. The predicted octanol–water partition coefficient (Wildman–Crippen LogP) is 2.46. The molecule has 6 heteroatoms. The molecule has 1 heterocycles. The molecule has 0 bridgehead atoms. The van der Waals surface area contributed by atoms with E-state index in [1.165, 1.54) is 0 Å². The van der Waals surface area contributed by atoms with E-state index in [9.17, 15) is 4.79 Å². The normalized spacial score (nSPS) is 10.6. The molecule has 2 N–H and O–H groups in total. The van der Waals surface area contributed by atoms with E-state index in [1.807, 2.05) is 13.8 Å². The van der Waals surface area contributed by atoms with Crippen LogP contribution < -0.4 is 5.73 Å². The Labute approximate surface area is 111 Å². The number of hydrogen-bond donors (Lipinski definition) is 1. The molecule has 0 atom stereocenters. The minimum atomic E-state index is -0.205. The first kappa shape index (κ1) is 14.0. The molecule has 1 aromatic heterocycles. The van der Waals surface area contributed by atoms with Gasteiger partial charge in [0.1, 0.15) is 0 Å². The van der Waals surface area contributed by atoms with Gasteiger partial charge < -0.3 is 15.1 Å². The number of amides is 1. The van der Waals surface area contributed by atoms with E-state index >= 15 is 0 Å². The van der Waals surface area contributed by atoms with Gasteiger partial charge in [0.15, 0.2) is 11.0 Å². The molecule has 17 heavy (non-hydrogen) atoms. The Morgan fingerprint density at radius 1 is 1.59 bits per heavy atom. The van der Waals surface area contributed by atoms with Gasteiger partial charge in [-0.15, -0.1) is 0 Å². The van der Waals surface area contributed by atoms with Gasteiger partial charge in [-0.1, -0.05) is 12.2 Å². The van der Waals surface area contributed by atoms with Crippen LogP contribution in [0.4, 0.5) is 0 Å². The van der Waals surface area contributed by atoms with Crippen molar-refractivity contribution in [3.05, 3.63) is 23.1 Å². The third-order valence-electron chi connectivity index (χ3n) is 2.27. The molecule has 0 aromatic carbocycles. The molecular weight excluding hydrogens is 260 g/mol. The van der Waals surface area contributed by atoms with Gasteiger partial charge >= 0.3 is 0 Å². The number of hydrogen-bond acceptors (Lipinski definition) is 3. The van der Waals surface area contributed by atoms with Crippen molar-refractivity contribution in [2.24, 2.45) is 5.73 Å². The van der Waals surface area contributed by atoms with Crippen LogP contribution in [0.1, 0.15) is 30.8 Å². The zero-order valence-electron chi connectivity index (χ0n) is 9.77. The van der Waals surface area contributed by atoms with Crippen LogP contribution in [-0.2, 0) is 0 Å². The second kappa shape index (κ2) is 6.02. The zero-order chi connectivity index (χ0) is 13.0. The highest BCUT2D eigenvalue weighted by Gasteiger charge is 2.21. The standard InChI is InChI=1S/C11H15ClN2O2S/c1-7(2)14(6-5-10(13)17)11(15)8-3-4-9(12)16-8/h3-4,7H,5-6H2,1-2H3,(H2,13,17). The average Bonchev–Trinajstić information content (AvgIpc) is 2.63. The fourth-order valence-electron chi connectivity index (χ4n) is 1.40. The SMILES string of the molecule is CC(C)N(CCC(N)=S)C(=O)c1ccc(Cl)o1. The summed E-state index contributed by atoms with van der Waals surface area (Å²) in [6.07, 6.45) is 0.494. The molecule has 94 valence electrons. The third-order valence-corrected chi connectivity index (χ3v) is 2.67. The first-order valence-corrected chi connectivity index (χ1v) is 6.05. The number of halogens is 1. The average molecular weight is 275 g/mol. The maximum absolute atomic E-state index is 12.1. The van der Waals surface area contributed by atoms with Crippen molar-refractivity contribution in [2.45, 2.75) is 26.3 Å². The molecule has 0 spiro atoms. The Hall–Kier alpha value is -1.07. The summed E-state index contributed by atoms with van der Waals surface area (Å²) in [6, 6.07) is 3.14. The van der Waals surface area contributed by atoms with Crippen molar-refractivity contribution in [1.29, 1.82) is 0 Å². The predicted molar refractivity (Wildman–Crippen MR) is 71.3 cm³/mol. The molecule has 0 aliphatic carbocycles. The number of nitrogens with two attached hydrogens (primary N) is 1. The lowest BCUT2D eigenvalue weighted by Crippen LogP contribution is -2.38. The molecule has 1 amide bonds. The Morgan fingerprint density at radius 2 is 2.24 bits per heavy atom. The van der Waals surface area contributed by atoms with E-state index < -0.39 is 0 Å². The smallest absolute Gasteiger partial charge is 0.289 e. The molecule has 0 aliphatic heterocycles. The van der Waals surface area contributed by atoms with Crippen molar-refractivity contribution < 1.29 is 9.21 Å². The minimum Gasteiger partial charge on any atom is -0.440 e. The number of rotatable bonds is 5. The van der Waals surface area contributed by atoms with Crippen molar-refractivity contribution in [1.82, 2.24) is 4.90 Å². The first-order valence-electron chi connectivity index (χ1n) is 5.26. The molecule has 0 saturated heterocycles. The second-order valence-electron chi connectivity index (χ2n) is 3.91. The summed E-state index contributed by atoms with van der Waals surface area (Å²) >= 11 is 10.4. The second-order valence-corrected chi connectivity index (χ2v) is 4.81. The number of carbonyl (C=O) groups is 1. The van der Waals surface area contributed by atoms with Crippen molar-refractivity contribution in [3.8, 4) is 0 Å². The molecule has 0 unspecified atom stereocenters. The van der Waals surface area contributed by atoms with Crippen LogP contribution in [-0.4, -0.2) is 28.4 Å².